The molecule has 0 fully saturated rings. The van der Waals surface area contributed by atoms with Crippen molar-refractivity contribution in [3.63, 3.8) is 0 Å². The first-order chi connectivity index (χ1) is 13.5. The van der Waals surface area contributed by atoms with Gasteiger partial charge in [-0.05, 0) is 18.6 Å². The second-order valence-corrected chi connectivity index (χ2v) is 6.95. The van der Waals surface area contributed by atoms with Crippen molar-refractivity contribution in [2.75, 3.05) is 23.9 Å². The molecule has 0 radical (unpaired) electrons. The minimum absolute atomic E-state index is 0.0842. The van der Waals surface area contributed by atoms with Crippen LogP contribution in [0.2, 0.25) is 0 Å². The summed E-state index contributed by atoms with van der Waals surface area (Å²) >= 11 is 1.10. The van der Waals surface area contributed by atoms with Gasteiger partial charge in [0.1, 0.15) is 17.2 Å². The van der Waals surface area contributed by atoms with Crippen LogP contribution < -0.4 is 22.3 Å². The zero-order chi connectivity index (χ0) is 20.3. The Kier molecular flexibility index (Phi) is 5.78. The zero-order valence-corrected chi connectivity index (χ0v) is 16.3. The van der Waals surface area contributed by atoms with Crippen molar-refractivity contribution in [2.24, 2.45) is 0 Å². The van der Waals surface area contributed by atoms with E-state index in [2.05, 4.69) is 20.3 Å². The van der Waals surface area contributed by atoms with Crippen LogP contribution in [0.4, 0.5) is 11.6 Å². The van der Waals surface area contributed by atoms with E-state index in [4.69, 9.17) is 5.73 Å². The number of ketones is 1. The van der Waals surface area contributed by atoms with Crippen LogP contribution >= 0.6 is 11.8 Å². The van der Waals surface area contributed by atoms with Crippen LogP contribution in [0.15, 0.2) is 39.0 Å². The number of thioether (sulfide) groups is 1. The van der Waals surface area contributed by atoms with Gasteiger partial charge in [0.05, 0.1) is 11.3 Å². The summed E-state index contributed by atoms with van der Waals surface area (Å²) in [5.74, 6) is -0.0404. The maximum atomic E-state index is 12.6. The van der Waals surface area contributed by atoms with Crippen LogP contribution in [0.5, 0.6) is 0 Å². The van der Waals surface area contributed by atoms with E-state index in [0.717, 1.165) is 22.7 Å². The number of aromatic nitrogens is 4. The lowest BCUT2D eigenvalue weighted by molar-refractivity contribution is 0.102. The highest BCUT2D eigenvalue weighted by Gasteiger charge is 2.20. The topological polar surface area (TPSA) is 136 Å². The molecule has 2 heterocycles. The smallest absolute Gasteiger partial charge is 0.329 e. The third-order valence-electron chi connectivity index (χ3n) is 4.12. The number of Topliss-reactive ketones (excluding diaryl/α,β-unsaturated/α-hetero) is 1. The molecular formula is C18H20N6O3S. The van der Waals surface area contributed by atoms with E-state index in [1.807, 2.05) is 31.2 Å². The molecule has 1 aromatic carbocycles. The van der Waals surface area contributed by atoms with E-state index in [-0.39, 0.29) is 17.1 Å². The normalized spacial score (nSPS) is 10.9. The van der Waals surface area contributed by atoms with Crippen molar-refractivity contribution < 1.29 is 4.79 Å². The molecule has 0 saturated carbocycles. The number of anilines is 2. The fourth-order valence-electron chi connectivity index (χ4n) is 2.82. The van der Waals surface area contributed by atoms with Gasteiger partial charge in [0.25, 0.3) is 5.56 Å². The Morgan fingerprint density at radius 3 is 2.75 bits per heavy atom. The Morgan fingerprint density at radius 2 is 2.04 bits per heavy atom. The van der Waals surface area contributed by atoms with Gasteiger partial charge >= 0.3 is 5.69 Å². The van der Waals surface area contributed by atoms with Gasteiger partial charge in [-0.3, -0.25) is 19.1 Å². The molecule has 3 rings (SSSR count). The second-order valence-electron chi connectivity index (χ2n) is 6.00. The number of hydrogen-bond donors (Lipinski definition) is 3. The molecule has 3 aromatic rings. The summed E-state index contributed by atoms with van der Waals surface area (Å²) in [7, 11) is 1.76. The number of benzene rings is 1. The van der Waals surface area contributed by atoms with Gasteiger partial charge in [0.2, 0.25) is 0 Å². The molecule has 0 aliphatic heterocycles. The van der Waals surface area contributed by atoms with Gasteiger partial charge in [-0.2, -0.15) is 0 Å². The number of carbonyl (C=O) groups excluding carboxylic acids is 1. The summed E-state index contributed by atoms with van der Waals surface area (Å²) in [5, 5.41) is 4.28. The van der Waals surface area contributed by atoms with Gasteiger partial charge in [0, 0.05) is 19.0 Å². The third-order valence-corrected chi connectivity index (χ3v) is 4.96. The summed E-state index contributed by atoms with van der Waals surface area (Å²) in [6, 6.07) is 7.51. The van der Waals surface area contributed by atoms with E-state index in [1.54, 1.807) is 7.05 Å². The molecule has 0 atom stereocenters. The molecule has 4 N–H and O–H groups in total. The lowest BCUT2D eigenvalue weighted by Gasteiger charge is -2.11. The van der Waals surface area contributed by atoms with Crippen LogP contribution in [0.25, 0.3) is 10.9 Å². The lowest BCUT2D eigenvalue weighted by Crippen LogP contribution is -2.36. The zero-order valence-electron chi connectivity index (χ0n) is 15.5. The Hall–Kier alpha value is -3.14. The standard InChI is InChI=1S/C18H20N6O3S/c1-3-8-24-14(19)13(16(26)23-18(24)27)12(25)9-28-17-21-11-7-5-4-6-10(11)15(20-2)22-17/h4-7H,3,8-9,19H2,1-2H3,(H,20,21,22)(H,23,26,27). The molecule has 9 nitrogen and oxygen atoms in total. The highest BCUT2D eigenvalue weighted by molar-refractivity contribution is 7.99. The number of nitrogens with two attached hydrogens (primary N) is 1. The quantitative estimate of drug-likeness (QED) is 0.308. The van der Waals surface area contributed by atoms with Crippen molar-refractivity contribution >= 4 is 40.1 Å². The third kappa shape index (κ3) is 3.77. The van der Waals surface area contributed by atoms with Gasteiger partial charge in [-0.1, -0.05) is 30.8 Å². The minimum Gasteiger partial charge on any atom is -0.384 e. The molecule has 146 valence electrons. The largest absolute Gasteiger partial charge is 0.384 e. The first-order valence-corrected chi connectivity index (χ1v) is 9.68. The number of para-hydroxylation sites is 1. The predicted octanol–water partition coefficient (Wildman–Crippen LogP) is 1.49. The summed E-state index contributed by atoms with van der Waals surface area (Å²) < 4.78 is 1.20. The molecule has 0 spiro atoms. The van der Waals surface area contributed by atoms with E-state index in [0.29, 0.717) is 23.9 Å². The van der Waals surface area contributed by atoms with Crippen LogP contribution in [-0.2, 0) is 6.54 Å². The van der Waals surface area contributed by atoms with Crippen LogP contribution in [0, 0.1) is 0 Å². The molecule has 0 unspecified atom stereocenters. The highest BCUT2D eigenvalue weighted by atomic mass is 32.2. The Balaban J connectivity index is 1.89. The van der Waals surface area contributed by atoms with Crippen LogP contribution in [0.1, 0.15) is 23.7 Å². The van der Waals surface area contributed by atoms with Gasteiger partial charge in [-0.15, -0.1) is 0 Å². The van der Waals surface area contributed by atoms with E-state index in [1.165, 1.54) is 4.57 Å². The summed E-state index contributed by atoms with van der Waals surface area (Å²) in [5.41, 5.74) is 5.06. The Morgan fingerprint density at radius 1 is 1.29 bits per heavy atom. The molecule has 0 amide bonds. The van der Waals surface area contributed by atoms with E-state index >= 15 is 0 Å². The maximum Gasteiger partial charge on any atom is 0.329 e. The number of fused-ring (bicyclic) bond motifs is 1. The SMILES string of the molecule is CCCn1c(N)c(C(=O)CSc2nc(NC)c3ccccc3n2)c(=O)[nH]c1=O. The number of aromatic amines is 1. The first kappa shape index (κ1) is 19.6. The number of nitrogen functional groups attached to an aromatic ring is 1. The van der Waals surface area contributed by atoms with Crippen molar-refractivity contribution in [3.05, 3.63) is 50.7 Å². The van der Waals surface area contributed by atoms with Crippen LogP contribution in [-0.4, -0.2) is 38.1 Å². The van der Waals surface area contributed by atoms with Gasteiger partial charge < -0.3 is 11.1 Å². The van der Waals surface area contributed by atoms with Crippen LogP contribution in [0.3, 0.4) is 0 Å². The summed E-state index contributed by atoms with van der Waals surface area (Å²) in [4.78, 5) is 47.7. The number of rotatable bonds is 7. The molecule has 0 aliphatic carbocycles. The molecule has 28 heavy (non-hydrogen) atoms. The van der Waals surface area contributed by atoms with Crippen molar-refractivity contribution in [1.29, 1.82) is 0 Å². The number of nitrogens with zero attached hydrogens (tertiary/aromatic N) is 3. The number of nitrogens with one attached hydrogen (secondary N) is 2. The fourth-order valence-corrected chi connectivity index (χ4v) is 3.54. The van der Waals surface area contributed by atoms with Crippen molar-refractivity contribution in [2.45, 2.75) is 25.0 Å². The first-order valence-electron chi connectivity index (χ1n) is 8.69. The molecule has 0 saturated heterocycles. The molecule has 0 bridgehead atoms. The monoisotopic (exact) mass is 400 g/mol. The summed E-state index contributed by atoms with van der Waals surface area (Å²) in [6.45, 7) is 2.18. The van der Waals surface area contributed by atoms with Gasteiger partial charge in [0.15, 0.2) is 10.9 Å². The predicted molar refractivity (Wildman–Crippen MR) is 110 cm³/mol. The molecule has 0 aliphatic rings. The highest BCUT2D eigenvalue weighted by Crippen LogP contribution is 2.24. The Bertz CT molecular complexity index is 1150. The molecular weight excluding hydrogens is 380 g/mol. The average Bonchev–Trinajstić information content (AvgIpc) is 2.68. The van der Waals surface area contributed by atoms with Crippen molar-refractivity contribution in [3.8, 4) is 0 Å². The maximum absolute atomic E-state index is 12.6. The molecule has 2 aromatic heterocycles. The van der Waals surface area contributed by atoms with E-state index in [9.17, 15) is 14.4 Å². The molecule has 10 heteroatoms. The van der Waals surface area contributed by atoms with Crippen molar-refractivity contribution in [1.82, 2.24) is 19.5 Å². The minimum atomic E-state index is -0.782. The van der Waals surface area contributed by atoms with Gasteiger partial charge in [-0.25, -0.2) is 14.8 Å². The lowest BCUT2D eigenvalue weighted by atomic mass is 10.2. The van der Waals surface area contributed by atoms with E-state index < -0.39 is 17.0 Å². The number of H-pyrrole nitrogens is 1. The fraction of sp³-hybridized carbons (Fsp3) is 0.278. The second kappa shape index (κ2) is 8.26. The summed E-state index contributed by atoms with van der Waals surface area (Å²) in [6.07, 6.45) is 0.635. The number of carbonyl (C=O) groups is 1. The number of hydrogen-bond acceptors (Lipinski definition) is 8. The average molecular weight is 400 g/mol. The Labute approximate surface area is 164 Å².